The van der Waals surface area contributed by atoms with Gasteiger partial charge in [0.05, 0.1) is 5.92 Å². The summed E-state index contributed by atoms with van der Waals surface area (Å²) in [6.07, 6.45) is -2.18. The number of benzene rings is 2. The monoisotopic (exact) mass is 381 g/mol. The van der Waals surface area contributed by atoms with Crippen LogP contribution >= 0.6 is 0 Å². The molecule has 5 nitrogen and oxygen atoms in total. The van der Waals surface area contributed by atoms with Gasteiger partial charge in [-0.05, 0) is 36.1 Å². The minimum atomic E-state index is -3.04. The maximum atomic E-state index is 12.0. The number of halogens is 2. The number of phenolic OH excluding ortho intramolecular Hbond substituents is 1. The van der Waals surface area contributed by atoms with E-state index < -0.39 is 23.9 Å². The smallest absolute Gasteiger partial charge is 0.267 e. The van der Waals surface area contributed by atoms with Gasteiger partial charge in [-0.3, -0.25) is 10.0 Å². The second-order valence-electron chi connectivity index (χ2n) is 6.29. The van der Waals surface area contributed by atoms with Crippen molar-refractivity contribution >= 4 is 5.91 Å². The average Bonchev–Trinajstić information content (AvgIpc) is 2.67. The molecule has 1 amide bonds. The van der Waals surface area contributed by atoms with Crippen LogP contribution in [0.25, 0.3) is 11.1 Å². The molecule has 0 aromatic heterocycles. The Hall–Kier alpha value is -2.51. The third-order valence-corrected chi connectivity index (χ3v) is 4.40. The van der Waals surface area contributed by atoms with Gasteiger partial charge < -0.3 is 10.2 Å². The lowest BCUT2D eigenvalue weighted by atomic mass is 9.91. The van der Waals surface area contributed by atoms with E-state index in [4.69, 9.17) is 10.3 Å². The fourth-order valence-corrected chi connectivity index (χ4v) is 2.22. The molecule has 0 aliphatic heterocycles. The van der Waals surface area contributed by atoms with E-state index in [0.717, 1.165) is 37.0 Å². The molecule has 148 valence electrons. The minimum Gasteiger partial charge on any atom is -0.508 e. The molecule has 0 aliphatic rings. The van der Waals surface area contributed by atoms with Crippen LogP contribution < -0.4 is 5.48 Å². The molecule has 0 saturated heterocycles. The van der Waals surface area contributed by atoms with Crippen LogP contribution in [0.15, 0.2) is 48.5 Å². The van der Waals surface area contributed by atoms with Crippen LogP contribution in [-0.2, 0) is 11.2 Å². The van der Waals surface area contributed by atoms with Crippen molar-refractivity contribution < 1.29 is 29.0 Å². The van der Waals surface area contributed by atoms with Gasteiger partial charge in [-0.25, -0.2) is 14.3 Å². The van der Waals surface area contributed by atoms with E-state index in [-0.39, 0.29) is 0 Å². The van der Waals surface area contributed by atoms with Gasteiger partial charge >= 0.3 is 0 Å². The number of aryl methyl sites for hydroxylation is 1. The van der Waals surface area contributed by atoms with Crippen molar-refractivity contribution in [1.82, 2.24) is 5.48 Å². The number of alkyl halides is 2. The first-order chi connectivity index (χ1) is 12.6. The van der Waals surface area contributed by atoms with Crippen LogP contribution in [0, 0.1) is 5.92 Å². The molecule has 2 atom stereocenters. The molecule has 27 heavy (non-hydrogen) atoms. The van der Waals surface area contributed by atoms with Crippen molar-refractivity contribution in [3.8, 4) is 16.9 Å². The van der Waals surface area contributed by atoms with E-state index >= 15 is 0 Å². The molecule has 0 saturated carbocycles. The predicted molar refractivity (Wildman–Crippen MR) is 98.6 cm³/mol. The summed E-state index contributed by atoms with van der Waals surface area (Å²) in [5.74, 6) is -2.03. The number of nitrogens with one attached hydrogen (secondary N) is 1. The van der Waals surface area contributed by atoms with Crippen molar-refractivity contribution in [1.29, 1.82) is 0 Å². The van der Waals surface area contributed by atoms with E-state index in [0.29, 0.717) is 5.75 Å². The summed E-state index contributed by atoms with van der Waals surface area (Å²) in [6.45, 7) is 3.96. The molecule has 0 aliphatic carbocycles. The lowest BCUT2D eigenvalue weighted by molar-refractivity contribution is -0.156. The molecule has 0 fully saturated rings. The van der Waals surface area contributed by atoms with Gasteiger partial charge in [-0.1, -0.05) is 56.3 Å². The molecular weight excluding hydrogens is 356 g/mol. The highest BCUT2D eigenvalue weighted by molar-refractivity contribution is 5.78. The number of rotatable bonds is 5. The van der Waals surface area contributed by atoms with Gasteiger partial charge in [0, 0.05) is 0 Å². The highest BCUT2D eigenvalue weighted by Crippen LogP contribution is 2.26. The summed E-state index contributed by atoms with van der Waals surface area (Å²) in [4.78, 5) is 10.6. The van der Waals surface area contributed by atoms with E-state index in [1.807, 2.05) is 55.5 Å². The van der Waals surface area contributed by atoms with Gasteiger partial charge in [-0.15, -0.1) is 0 Å². The van der Waals surface area contributed by atoms with Gasteiger partial charge in [0.25, 0.3) is 6.43 Å². The fourth-order valence-electron chi connectivity index (χ4n) is 2.22. The summed E-state index contributed by atoms with van der Waals surface area (Å²) in [5.41, 5.74) is 1.96. The number of phenols is 1. The van der Waals surface area contributed by atoms with Crippen molar-refractivity contribution in [2.24, 2.45) is 5.92 Å². The van der Waals surface area contributed by atoms with Crippen LogP contribution in [0.1, 0.15) is 26.3 Å². The van der Waals surface area contributed by atoms with Gasteiger partial charge in [-0.2, -0.15) is 0 Å². The summed E-state index contributed by atoms with van der Waals surface area (Å²) in [7, 11) is 0. The first kappa shape index (κ1) is 22.5. The third kappa shape index (κ3) is 6.01. The summed E-state index contributed by atoms with van der Waals surface area (Å²) >= 11 is 0. The zero-order valence-corrected chi connectivity index (χ0v) is 15.5. The molecule has 2 unspecified atom stereocenters. The zero-order chi connectivity index (χ0) is 20.6. The highest BCUT2D eigenvalue weighted by atomic mass is 19.3. The lowest BCUT2D eigenvalue weighted by Crippen LogP contribution is -2.47. The number of amides is 1. The second-order valence-corrected chi connectivity index (χ2v) is 6.29. The standard InChI is InChI=1S/C14H14O.C6H11F2NO3/c1-2-11-8-9-13(10-14(11)15)12-6-4-3-5-7-12;1-3(4(10)9-12)6(2,11)5(7)8/h3-10,15H,2H2,1H3;3,5,11-12H,1-2H3,(H,9,10). The molecule has 2 aromatic carbocycles. The Kier molecular flexibility index (Phi) is 8.33. The Labute approximate surface area is 157 Å². The molecule has 0 heterocycles. The van der Waals surface area contributed by atoms with Crippen molar-refractivity contribution in [2.75, 3.05) is 0 Å². The second kappa shape index (κ2) is 9.99. The van der Waals surface area contributed by atoms with Crippen LogP contribution in [0.5, 0.6) is 5.75 Å². The van der Waals surface area contributed by atoms with Crippen LogP contribution in [0.4, 0.5) is 8.78 Å². The number of hydrogen-bond acceptors (Lipinski definition) is 4. The van der Waals surface area contributed by atoms with E-state index in [9.17, 15) is 18.7 Å². The SMILES string of the molecule is CC(C(=O)NO)C(C)(O)C(F)F.CCc1ccc(-c2ccccc2)cc1O. The Morgan fingerprint density at radius 1 is 1.15 bits per heavy atom. The first-order valence-corrected chi connectivity index (χ1v) is 8.46. The Bertz CT molecular complexity index is 736. The molecule has 2 rings (SSSR count). The number of aromatic hydroxyl groups is 1. The zero-order valence-electron chi connectivity index (χ0n) is 15.5. The molecule has 0 bridgehead atoms. The summed E-state index contributed by atoms with van der Waals surface area (Å²) in [5, 5.41) is 26.9. The molecular formula is C20H25F2NO4. The predicted octanol–water partition coefficient (Wildman–Crippen LogP) is 3.77. The maximum Gasteiger partial charge on any atom is 0.267 e. The van der Waals surface area contributed by atoms with Crippen LogP contribution in [0.2, 0.25) is 0 Å². The minimum absolute atomic E-state index is 0.388. The van der Waals surface area contributed by atoms with E-state index in [1.165, 1.54) is 5.48 Å². The van der Waals surface area contributed by atoms with Crippen molar-refractivity contribution in [2.45, 2.75) is 39.2 Å². The lowest BCUT2D eigenvalue weighted by Gasteiger charge is -2.27. The van der Waals surface area contributed by atoms with Crippen LogP contribution in [-0.4, -0.2) is 33.4 Å². The molecule has 0 radical (unpaired) electrons. The normalized spacial score (nSPS) is 13.9. The topological polar surface area (TPSA) is 89.8 Å². The number of carbonyl (C=O) groups excluding carboxylic acids is 1. The highest BCUT2D eigenvalue weighted by Gasteiger charge is 2.41. The Balaban J connectivity index is 0.000000279. The summed E-state index contributed by atoms with van der Waals surface area (Å²) < 4.78 is 24.1. The largest absolute Gasteiger partial charge is 0.508 e. The Morgan fingerprint density at radius 3 is 2.19 bits per heavy atom. The molecule has 7 heteroatoms. The van der Waals surface area contributed by atoms with E-state index in [2.05, 4.69) is 0 Å². The quantitative estimate of drug-likeness (QED) is 0.469. The van der Waals surface area contributed by atoms with Crippen molar-refractivity contribution in [3.05, 3.63) is 54.1 Å². The first-order valence-electron chi connectivity index (χ1n) is 8.46. The van der Waals surface area contributed by atoms with Gasteiger partial charge in [0.15, 0.2) is 0 Å². The van der Waals surface area contributed by atoms with Crippen LogP contribution in [0.3, 0.4) is 0 Å². The molecule has 4 N–H and O–H groups in total. The number of aliphatic hydroxyl groups is 1. The molecule has 2 aromatic rings. The maximum absolute atomic E-state index is 12.0. The molecule has 0 spiro atoms. The fraction of sp³-hybridized carbons (Fsp3) is 0.350. The van der Waals surface area contributed by atoms with Crippen molar-refractivity contribution in [3.63, 3.8) is 0 Å². The Morgan fingerprint density at radius 2 is 1.74 bits per heavy atom. The number of hydroxylamine groups is 1. The number of hydrogen-bond donors (Lipinski definition) is 4. The van der Waals surface area contributed by atoms with E-state index in [1.54, 1.807) is 0 Å². The summed E-state index contributed by atoms with van der Waals surface area (Å²) in [6, 6.07) is 15.9. The third-order valence-electron chi connectivity index (χ3n) is 4.40. The van der Waals surface area contributed by atoms with Gasteiger partial charge in [0.2, 0.25) is 5.91 Å². The van der Waals surface area contributed by atoms with Gasteiger partial charge in [0.1, 0.15) is 11.4 Å². The average molecular weight is 381 g/mol. The number of carbonyl (C=O) groups is 1.